The highest BCUT2D eigenvalue weighted by Crippen LogP contribution is 2.14. The van der Waals surface area contributed by atoms with Crippen molar-refractivity contribution < 1.29 is 14.6 Å². The molecule has 26 heavy (non-hydrogen) atoms. The number of hydrogen-bond donors (Lipinski definition) is 1. The Labute approximate surface area is 149 Å². The topological polar surface area (TPSA) is 97.0 Å². The first-order valence-corrected chi connectivity index (χ1v) is 7.99. The maximum absolute atomic E-state index is 12.9. The number of hydrogen-bond acceptors (Lipinski definition) is 6. The SMILES string of the molecule is COCCN(Cc1ccccn1)C(=O)c1cnc2c(O)cccn2c1=O. The van der Waals surface area contributed by atoms with Gasteiger partial charge in [-0.1, -0.05) is 6.07 Å². The predicted octanol–water partition coefficient (Wildman–Crippen LogP) is 1.08. The molecule has 0 bridgehead atoms. The highest BCUT2D eigenvalue weighted by molar-refractivity contribution is 5.93. The van der Waals surface area contributed by atoms with Gasteiger partial charge >= 0.3 is 0 Å². The molecule has 3 aromatic heterocycles. The fourth-order valence-corrected chi connectivity index (χ4v) is 2.55. The molecule has 1 N–H and O–H groups in total. The van der Waals surface area contributed by atoms with Gasteiger partial charge in [0.1, 0.15) is 5.56 Å². The zero-order valence-corrected chi connectivity index (χ0v) is 14.2. The maximum Gasteiger partial charge on any atom is 0.270 e. The molecule has 0 radical (unpaired) electrons. The van der Waals surface area contributed by atoms with Crippen LogP contribution in [0.4, 0.5) is 0 Å². The molecule has 8 nitrogen and oxygen atoms in total. The van der Waals surface area contributed by atoms with E-state index in [0.29, 0.717) is 18.8 Å². The highest BCUT2D eigenvalue weighted by Gasteiger charge is 2.21. The standard InChI is InChI=1S/C18H18N4O4/c1-26-10-9-21(12-13-5-2-3-7-19-13)17(24)14-11-20-16-15(23)6-4-8-22(16)18(14)25/h2-8,11,23H,9-10,12H2,1H3. The lowest BCUT2D eigenvalue weighted by atomic mass is 10.2. The first-order valence-electron chi connectivity index (χ1n) is 7.99. The molecular formula is C18H18N4O4. The first kappa shape index (κ1) is 17.6. The summed E-state index contributed by atoms with van der Waals surface area (Å²) in [4.78, 5) is 35.4. The van der Waals surface area contributed by atoms with Crippen molar-refractivity contribution in [3.63, 3.8) is 0 Å². The molecule has 1 amide bonds. The summed E-state index contributed by atoms with van der Waals surface area (Å²) < 4.78 is 6.22. The predicted molar refractivity (Wildman–Crippen MR) is 94.0 cm³/mol. The molecule has 8 heteroatoms. The van der Waals surface area contributed by atoms with Gasteiger partial charge in [0.05, 0.1) is 18.8 Å². The van der Waals surface area contributed by atoms with Gasteiger partial charge in [-0.2, -0.15) is 0 Å². The zero-order chi connectivity index (χ0) is 18.5. The number of carbonyl (C=O) groups is 1. The Morgan fingerprint density at radius 1 is 1.27 bits per heavy atom. The number of amides is 1. The van der Waals surface area contributed by atoms with Gasteiger partial charge in [0.15, 0.2) is 11.4 Å². The molecule has 134 valence electrons. The summed E-state index contributed by atoms with van der Waals surface area (Å²) in [6.45, 7) is 0.862. The van der Waals surface area contributed by atoms with Crippen molar-refractivity contribution in [1.29, 1.82) is 0 Å². The molecule has 0 aliphatic carbocycles. The van der Waals surface area contributed by atoms with Gasteiger partial charge in [-0.05, 0) is 24.3 Å². The third-order valence-electron chi connectivity index (χ3n) is 3.87. The molecule has 0 aliphatic heterocycles. The average Bonchev–Trinajstić information content (AvgIpc) is 2.66. The smallest absolute Gasteiger partial charge is 0.270 e. The minimum absolute atomic E-state index is 0.0832. The number of methoxy groups -OCH3 is 1. The molecule has 0 aromatic carbocycles. The molecule has 0 saturated heterocycles. The lowest BCUT2D eigenvalue weighted by Gasteiger charge is -2.21. The van der Waals surface area contributed by atoms with Crippen LogP contribution in [0.15, 0.2) is 53.7 Å². The summed E-state index contributed by atoms with van der Waals surface area (Å²) in [5, 5.41) is 9.80. The second-order valence-electron chi connectivity index (χ2n) is 5.60. The van der Waals surface area contributed by atoms with Crippen molar-refractivity contribution in [2.45, 2.75) is 6.54 Å². The van der Waals surface area contributed by atoms with Crippen molar-refractivity contribution >= 4 is 11.6 Å². The Kier molecular flexibility index (Phi) is 5.23. The molecule has 3 heterocycles. The van der Waals surface area contributed by atoms with Gasteiger partial charge in [0.2, 0.25) is 0 Å². The second kappa shape index (κ2) is 7.75. The minimum Gasteiger partial charge on any atom is -0.504 e. The lowest BCUT2D eigenvalue weighted by Crippen LogP contribution is -2.37. The van der Waals surface area contributed by atoms with Crippen LogP contribution < -0.4 is 5.56 Å². The van der Waals surface area contributed by atoms with Crippen LogP contribution in [0.3, 0.4) is 0 Å². The van der Waals surface area contributed by atoms with E-state index in [1.807, 2.05) is 6.07 Å². The number of aromatic hydroxyl groups is 1. The van der Waals surface area contributed by atoms with E-state index < -0.39 is 11.5 Å². The van der Waals surface area contributed by atoms with E-state index in [1.165, 1.54) is 29.4 Å². The third-order valence-corrected chi connectivity index (χ3v) is 3.87. The maximum atomic E-state index is 12.9. The van der Waals surface area contributed by atoms with Crippen LogP contribution >= 0.6 is 0 Å². The van der Waals surface area contributed by atoms with Gasteiger partial charge < -0.3 is 14.7 Å². The van der Waals surface area contributed by atoms with Gasteiger partial charge in [0.25, 0.3) is 11.5 Å². The van der Waals surface area contributed by atoms with E-state index in [1.54, 1.807) is 25.4 Å². The average molecular weight is 354 g/mol. The number of fused-ring (bicyclic) bond motifs is 1. The Morgan fingerprint density at radius 2 is 2.12 bits per heavy atom. The quantitative estimate of drug-likeness (QED) is 0.712. The minimum atomic E-state index is -0.542. The van der Waals surface area contributed by atoms with Crippen LogP contribution in [-0.2, 0) is 11.3 Å². The Balaban J connectivity index is 1.97. The summed E-state index contributed by atoms with van der Waals surface area (Å²) in [6, 6.07) is 8.36. The number of rotatable bonds is 6. The number of ether oxygens (including phenoxy) is 1. The fourth-order valence-electron chi connectivity index (χ4n) is 2.55. The number of carbonyl (C=O) groups excluding carboxylic acids is 1. The van der Waals surface area contributed by atoms with Crippen molar-refractivity contribution in [3.8, 4) is 5.75 Å². The molecular weight excluding hydrogens is 336 g/mol. The molecule has 3 aromatic rings. The summed E-state index contributed by atoms with van der Waals surface area (Å²) in [7, 11) is 1.54. The van der Waals surface area contributed by atoms with Gasteiger partial charge in [-0.25, -0.2) is 4.98 Å². The van der Waals surface area contributed by atoms with E-state index in [-0.39, 0.29) is 23.5 Å². The first-order chi connectivity index (χ1) is 12.6. The van der Waals surface area contributed by atoms with Gasteiger partial charge in [-0.15, -0.1) is 0 Å². The van der Waals surface area contributed by atoms with Crippen molar-refractivity contribution in [2.75, 3.05) is 20.3 Å². The number of pyridine rings is 2. The number of nitrogens with zero attached hydrogens (tertiary/aromatic N) is 4. The molecule has 0 aliphatic rings. The monoisotopic (exact) mass is 354 g/mol. The van der Waals surface area contributed by atoms with E-state index >= 15 is 0 Å². The largest absolute Gasteiger partial charge is 0.504 e. The highest BCUT2D eigenvalue weighted by atomic mass is 16.5. The van der Waals surface area contributed by atoms with Crippen LogP contribution in [0.5, 0.6) is 5.75 Å². The van der Waals surface area contributed by atoms with E-state index in [9.17, 15) is 14.7 Å². The Hall–Kier alpha value is -3.26. The molecule has 0 fully saturated rings. The second-order valence-corrected chi connectivity index (χ2v) is 5.60. The molecule has 0 spiro atoms. The van der Waals surface area contributed by atoms with E-state index in [4.69, 9.17) is 4.74 Å². The van der Waals surface area contributed by atoms with Crippen LogP contribution in [0.25, 0.3) is 5.65 Å². The lowest BCUT2D eigenvalue weighted by molar-refractivity contribution is 0.0675. The molecule has 0 atom stereocenters. The van der Waals surface area contributed by atoms with Crippen molar-refractivity contribution in [3.05, 3.63) is 70.5 Å². The summed E-state index contributed by atoms with van der Waals surface area (Å²) in [5.41, 5.74) is 0.171. The van der Waals surface area contributed by atoms with Crippen molar-refractivity contribution in [1.82, 2.24) is 19.3 Å². The fraction of sp³-hybridized carbons (Fsp3) is 0.222. The van der Waals surface area contributed by atoms with Crippen LogP contribution in [0.2, 0.25) is 0 Å². The van der Waals surface area contributed by atoms with Crippen LogP contribution in [0.1, 0.15) is 16.1 Å². The van der Waals surface area contributed by atoms with E-state index in [2.05, 4.69) is 9.97 Å². The number of aromatic nitrogens is 3. The van der Waals surface area contributed by atoms with Crippen LogP contribution in [-0.4, -0.2) is 50.5 Å². The summed E-state index contributed by atoms with van der Waals surface area (Å²) in [6.07, 6.45) is 4.29. The van der Waals surface area contributed by atoms with Gasteiger partial charge in [-0.3, -0.25) is 19.0 Å². The summed E-state index contributed by atoms with van der Waals surface area (Å²) in [5.74, 6) is -0.601. The van der Waals surface area contributed by atoms with Gasteiger partial charge in [0, 0.05) is 32.2 Å². The molecule has 0 saturated carbocycles. The third kappa shape index (κ3) is 3.55. The molecule has 0 unspecified atom stereocenters. The Bertz CT molecular complexity index is 972. The summed E-state index contributed by atoms with van der Waals surface area (Å²) >= 11 is 0. The zero-order valence-electron chi connectivity index (χ0n) is 14.2. The van der Waals surface area contributed by atoms with Crippen LogP contribution in [0, 0.1) is 0 Å². The molecule has 3 rings (SSSR count). The van der Waals surface area contributed by atoms with E-state index in [0.717, 1.165) is 4.40 Å². The normalized spacial score (nSPS) is 10.8. The van der Waals surface area contributed by atoms with Crippen molar-refractivity contribution in [2.24, 2.45) is 0 Å². The Morgan fingerprint density at radius 3 is 2.85 bits per heavy atom.